The van der Waals surface area contributed by atoms with Crippen molar-refractivity contribution in [1.29, 1.82) is 0 Å². The third-order valence-corrected chi connectivity index (χ3v) is 4.60. The lowest BCUT2D eigenvalue weighted by molar-refractivity contribution is -0.137. The Kier molecular flexibility index (Phi) is 9.56. The number of rotatable bonds is 11. The highest BCUT2D eigenvalue weighted by molar-refractivity contribution is 5.98. The number of carbonyl (C=O) groups excluding carboxylic acids is 3. The normalized spacial score (nSPS) is 12.4. The third-order valence-electron chi connectivity index (χ3n) is 4.60. The van der Waals surface area contributed by atoms with Crippen molar-refractivity contribution in [1.82, 2.24) is 20.2 Å². The lowest BCUT2D eigenvalue weighted by Crippen LogP contribution is -2.59. The van der Waals surface area contributed by atoms with Gasteiger partial charge in [0.15, 0.2) is 5.82 Å². The molecule has 36 heavy (non-hydrogen) atoms. The zero-order valence-corrected chi connectivity index (χ0v) is 21.0. The Bertz CT molecular complexity index is 1060. The SMILES string of the molecule is CC(C)(C)OC(=O)NC(C)(C)C(=O)NC(COCc1ccccc1)C(=O)Nc1cn(CC(=O)O)cn1. The molecular formula is C24H33N5O7. The van der Waals surface area contributed by atoms with Gasteiger partial charge < -0.3 is 35.1 Å². The minimum absolute atomic E-state index is 0.106. The molecule has 2 rings (SSSR count). The number of carboxylic acids is 1. The van der Waals surface area contributed by atoms with E-state index in [9.17, 15) is 19.2 Å². The average molecular weight is 504 g/mol. The second-order valence-electron chi connectivity index (χ2n) is 9.59. The number of carboxylic acid groups (broad SMARTS) is 1. The summed E-state index contributed by atoms with van der Waals surface area (Å²) >= 11 is 0. The van der Waals surface area contributed by atoms with Crippen molar-refractivity contribution in [2.45, 2.75) is 65.0 Å². The number of alkyl carbamates (subject to hydrolysis) is 1. The highest BCUT2D eigenvalue weighted by Crippen LogP contribution is 2.11. The summed E-state index contributed by atoms with van der Waals surface area (Å²) in [5, 5.41) is 16.5. The number of benzene rings is 1. The van der Waals surface area contributed by atoms with Crippen LogP contribution in [0.4, 0.5) is 10.6 Å². The van der Waals surface area contributed by atoms with E-state index in [0.29, 0.717) is 0 Å². The summed E-state index contributed by atoms with van der Waals surface area (Å²) in [4.78, 5) is 53.0. The number of nitrogens with zero attached hydrogens (tertiary/aromatic N) is 2. The first-order valence-electron chi connectivity index (χ1n) is 11.2. The largest absolute Gasteiger partial charge is 0.480 e. The second kappa shape index (κ2) is 12.2. The van der Waals surface area contributed by atoms with Gasteiger partial charge in [0, 0.05) is 6.20 Å². The number of nitrogens with one attached hydrogen (secondary N) is 3. The second-order valence-corrected chi connectivity index (χ2v) is 9.59. The summed E-state index contributed by atoms with van der Waals surface area (Å²) < 4.78 is 12.2. The maximum absolute atomic E-state index is 13.0. The lowest BCUT2D eigenvalue weighted by Gasteiger charge is -2.29. The molecular weight excluding hydrogens is 470 g/mol. The van der Waals surface area contributed by atoms with E-state index in [1.807, 2.05) is 30.3 Å². The van der Waals surface area contributed by atoms with E-state index in [2.05, 4.69) is 20.9 Å². The van der Waals surface area contributed by atoms with Crippen molar-refractivity contribution in [3.8, 4) is 0 Å². The summed E-state index contributed by atoms with van der Waals surface area (Å²) in [5.41, 5.74) is -1.29. The number of anilines is 1. The predicted molar refractivity (Wildman–Crippen MR) is 130 cm³/mol. The van der Waals surface area contributed by atoms with E-state index in [4.69, 9.17) is 14.6 Å². The Morgan fingerprint density at radius 1 is 1.08 bits per heavy atom. The Labute approximate surface area is 209 Å². The number of ether oxygens (including phenoxy) is 2. The number of aromatic nitrogens is 2. The van der Waals surface area contributed by atoms with Gasteiger partial charge in [0.2, 0.25) is 5.91 Å². The molecule has 0 saturated heterocycles. The molecule has 0 bridgehead atoms. The standard InChI is InChI=1S/C24H33N5O7/c1-23(2,3)36-22(34)28-24(4,5)21(33)26-17(14-35-13-16-9-7-6-8-10-16)20(32)27-18-11-29(15-25-18)12-19(30)31/h6-11,15,17H,12-14H2,1-5H3,(H,26,33)(H,27,32)(H,28,34)(H,30,31). The first kappa shape index (κ1) is 28.3. The monoisotopic (exact) mass is 503 g/mol. The molecule has 196 valence electrons. The van der Waals surface area contributed by atoms with Crippen LogP contribution in [-0.2, 0) is 37.0 Å². The first-order chi connectivity index (χ1) is 16.7. The molecule has 0 saturated carbocycles. The molecule has 0 radical (unpaired) electrons. The van der Waals surface area contributed by atoms with Crippen LogP contribution in [0.15, 0.2) is 42.9 Å². The van der Waals surface area contributed by atoms with Crippen molar-refractivity contribution in [3.05, 3.63) is 48.4 Å². The number of hydrogen-bond acceptors (Lipinski definition) is 7. The van der Waals surface area contributed by atoms with E-state index in [-0.39, 0.29) is 25.6 Å². The molecule has 0 spiro atoms. The third kappa shape index (κ3) is 9.74. The van der Waals surface area contributed by atoms with Gasteiger partial charge in [0.25, 0.3) is 5.91 Å². The van der Waals surface area contributed by atoms with Gasteiger partial charge in [-0.25, -0.2) is 9.78 Å². The number of hydrogen-bond donors (Lipinski definition) is 4. The van der Waals surface area contributed by atoms with Crippen LogP contribution in [0, 0.1) is 0 Å². The summed E-state index contributed by atoms with van der Waals surface area (Å²) in [7, 11) is 0. The first-order valence-corrected chi connectivity index (χ1v) is 11.2. The highest BCUT2D eigenvalue weighted by Gasteiger charge is 2.34. The topological polar surface area (TPSA) is 161 Å². The molecule has 4 N–H and O–H groups in total. The van der Waals surface area contributed by atoms with Crippen LogP contribution in [0.25, 0.3) is 0 Å². The fourth-order valence-corrected chi connectivity index (χ4v) is 2.89. The Balaban J connectivity index is 2.09. The molecule has 3 amide bonds. The van der Waals surface area contributed by atoms with Crippen LogP contribution in [-0.4, -0.2) is 62.3 Å². The quantitative estimate of drug-likeness (QED) is 0.362. The summed E-state index contributed by atoms with van der Waals surface area (Å²) in [6.07, 6.45) is 1.83. The smallest absolute Gasteiger partial charge is 0.408 e. The Morgan fingerprint density at radius 2 is 1.75 bits per heavy atom. The molecule has 1 aromatic carbocycles. The molecule has 0 aliphatic rings. The van der Waals surface area contributed by atoms with E-state index in [1.54, 1.807) is 20.8 Å². The molecule has 0 aliphatic heterocycles. The molecule has 1 aromatic heterocycles. The van der Waals surface area contributed by atoms with Gasteiger partial charge in [0.05, 0.1) is 19.5 Å². The van der Waals surface area contributed by atoms with Crippen LogP contribution >= 0.6 is 0 Å². The number of amides is 3. The predicted octanol–water partition coefficient (Wildman–Crippen LogP) is 1.91. The number of carbonyl (C=O) groups is 4. The van der Waals surface area contributed by atoms with Crippen molar-refractivity contribution < 1.29 is 33.8 Å². The van der Waals surface area contributed by atoms with E-state index < -0.39 is 41.1 Å². The zero-order chi connectivity index (χ0) is 26.9. The van der Waals surface area contributed by atoms with Crippen LogP contribution < -0.4 is 16.0 Å². The summed E-state index contributed by atoms with van der Waals surface area (Å²) in [5.74, 6) is -2.24. The molecule has 2 aromatic rings. The zero-order valence-electron chi connectivity index (χ0n) is 21.0. The fourth-order valence-electron chi connectivity index (χ4n) is 2.89. The van der Waals surface area contributed by atoms with E-state index in [1.165, 1.54) is 30.9 Å². The molecule has 1 atom stereocenters. The minimum Gasteiger partial charge on any atom is -0.480 e. The van der Waals surface area contributed by atoms with Crippen LogP contribution in [0.2, 0.25) is 0 Å². The summed E-state index contributed by atoms with van der Waals surface area (Å²) in [6.45, 7) is 7.73. The maximum atomic E-state index is 13.0. The van der Waals surface area contributed by atoms with Gasteiger partial charge in [-0.15, -0.1) is 0 Å². The van der Waals surface area contributed by atoms with E-state index >= 15 is 0 Å². The van der Waals surface area contributed by atoms with Crippen molar-refractivity contribution in [2.75, 3.05) is 11.9 Å². The number of aliphatic carboxylic acids is 1. The Hall–Kier alpha value is -3.93. The van der Waals surface area contributed by atoms with Gasteiger partial charge in [-0.3, -0.25) is 14.4 Å². The van der Waals surface area contributed by atoms with E-state index in [0.717, 1.165) is 5.56 Å². The van der Waals surface area contributed by atoms with Gasteiger partial charge in [-0.1, -0.05) is 30.3 Å². The van der Waals surface area contributed by atoms with Gasteiger partial charge in [-0.2, -0.15) is 0 Å². The van der Waals surface area contributed by atoms with Crippen LogP contribution in [0.3, 0.4) is 0 Å². The van der Waals surface area contributed by atoms with Crippen LogP contribution in [0.1, 0.15) is 40.2 Å². The van der Waals surface area contributed by atoms with Crippen molar-refractivity contribution in [3.63, 3.8) is 0 Å². The number of imidazole rings is 1. The molecule has 0 fully saturated rings. The molecule has 0 aliphatic carbocycles. The molecule has 1 heterocycles. The Morgan fingerprint density at radius 3 is 2.36 bits per heavy atom. The molecule has 1 unspecified atom stereocenters. The van der Waals surface area contributed by atoms with Gasteiger partial charge >= 0.3 is 12.1 Å². The van der Waals surface area contributed by atoms with Gasteiger partial charge in [-0.05, 0) is 40.2 Å². The van der Waals surface area contributed by atoms with Crippen molar-refractivity contribution in [2.24, 2.45) is 0 Å². The fraction of sp³-hybridized carbons (Fsp3) is 0.458. The highest BCUT2D eigenvalue weighted by atomic mass is 16.6. The average Bonchev–Trinajstić information content (AvgIpc) is 3.17. The molecule has 12 heteroatoms. The lowest BCUT2D eigenvalue weighted by atomic mass is 10.0. The summed E-state index contributed by atoms with van der Waals surface area (Å²) in [6, 6.07) is 8.13. The molecule has 12 nitrogen and oxygen atoms in total. The van der Waals surface area contributed by atoms with Crippen LogP contribution in [0.5, 0.6) is 0 Å². The van der Waals surface area contributed by atoms with Crippen molar-refractivity contribution >= 4 is 29.7 Å². The maximum Gasteiger partial charge on any atom is 0.408 e. The van der Waals surface area contributed by atoms with Gasteiger partial charge in [0.1, 0.15) is 23.7 Å². The minimum atomic E-state index is -1.41.